The summed E-state index contributed by atoms with van der Waals surface area (Å²) in [4.78, 5) is 12.6. The lowest BCUT2D eigenvalue weighted by molar-refractivity contribution is 0.229. The summed E-state index contributed by atoms with van der Waals surface area (Å²) in [6, 6.07) is 5.82. The molecule has 1 fully saturated rings. The Bertz CT molecular complexity index is 652. The lowest BCUT2D eigenvalue weighted by Gasteiger charge is -2.17. The molecule has 0 amide bonds. The number of aliphatic hydroxyl groups excluding tert-OH is 1. The molecule has 2 aromatic rings. The third-order valence-corrected chi connectivity index (χ3v) is 4.22. The van der Waals surface area contributed by atoms with Gasteiger partial charge in [0.05, 0.1) is 11.3 Å². The molecule has 1 aliphatic carbocycles. The van der Waals surface area contributed by atoms with Crippen molar-refractivity contribution < 1.29 is 5.11 Å². The molecule has 0 radical (unpaired) electrons. The van der Waals surface area contributed by atoms with Gasteiger partial charge in [-0.2, -0.15) is 4.98 Å². The van der Waals surface area contributed by atoms with Gasteiger partial charge in [0.2, 0.25) is 5.95 Å². The van der Waals surface area contributed by atoms with E-state index in [0.29, 0.717) is 23.0 Å². The predicted molar refractivity (Wildman–Crippen MR) is 86.5 cm³/mol. The lowest BCUT2D eigenvalue weighted by atomic mass is 10.1. The molecule has 0 spiro atoms. The molecule has 2 heterocycles. The van der Waals surface area contributed by atoms with Crippen LogP contribution in [0.4, 0.5) is 11.8 Å². The van der Waals surface area contributed by atoms with Gasteiger partial charge in [-0.3, -0.25) is 4.98 Å². The lowest BCUT2D eigenvalue weighted by Crippen LogP contribution is -2.18. The van der Waals surface area contributed by atoms with Crippen molar-refractivity contribution in [3.8, 4) is 11.3 Å². The fourth-order valence-corrected chi connectivity index (χ4v) is 3.13. The van der Waals surface area contributed by atoms with Crippen LogP contribution in [0.2, 0.25) is 5.15 Å². The van der Waals surface area contributed by atoms with Crippen molar-refractivity contribution in [1.29, 1.82) is 0 Å². The molecule has 0 bridgehead atoms. The van der Waals surface area contributed by atoms with Gasteiger partial charge >= 0.3 is 0 Å². The molecule has 3 rings (SSSR count). The van der Waals surface area contributed by atoms with E-state index in [-0.39, 0.29) is 23.8 Å². The van der Waals surface area contributed by atoms with Gasteiger partial charge in [-0.1, -0.05) is 17.7 Å². The molecular weight excluding hydrogens is 302 g/mol. The third-order valence-electron chi connectivity index (χ3n) is 3.94. The van der Waals surface area contributed by atoms with Gasteiger partial charge in [0.25, 0.3) is 0 Å². The van der Waals surface area contributed by atoms with E-state index in [1.165, 1.54) is 0 Å². The number of aliphatic hydroxyl groups is 1. The second-order valence-electron chi connectivity index (χ2n) is 5.51. The zero-order chi connectivity index (χ0) is 15.5. The minimum absolute atomic E-state index is 0.129. The number of rotatable bonds is 4. The van der Waals surface area contributed by atoms with Crippen molar-refractivity contribution >= 4 is 23.4 Å². The van der Waals surface area contributed by atoms with Crippen molar-refractivity contribution in [2.45, 2.75) is 25.3 Å². The van der Waals surface area contributed by atoms with Crippen LogP contribution in [0.1, 0.15) is 19.3 Å². The molecule has 0 aliphatic heterocycles. The Labute approximate surface area is 133 Å². The standard InChI is InChI=1S/C15H18ClN5O/c16-13-12(11-3-1-2-6-18-11)14(21-15(17)20-13)19-10-5-4-9(7-10)8-22/h1-3,6,9-10,22H,4-5,7-8H2,(H3,17,19,20,21). The summed E-state index contributed by atoms with van der Waals surface area (Å²) >= 11 is 6.26. The fourth-order valence-electron chi connectivity index (χ4n) is 2.86. The van der Waals surface area contributed by atoms with Gasteiger partial charge in [0.1, 0.15) is 11.0 Å². The Morgan fingerprint density at radius 2 is 2.18 bits per heavy atom. The normalized spacial score (nSPS) is 21.0. The zero-order valence-corrected chi connectivity index (χ0v) is 12.8. The number of nitrogens with two attached hydrogens (primary N) is 1. The molecule has 4 N–H and O–H groups in total. The molecule has 2 aromatic heterocycles. The van der Waals surface area contributed by atoms with Crippen LogP contribution in [0.15, 0.2) is 24.4 Å². The van der Waals surface area contributed by atoms with Crippen molar-refractivity contribution in [3.05, 3.63) is 29.5 Å². The first-order valence-electron chi connectivity index (χ1n) is 7.29. The van der Waals surface area contributed by atoms with Crippen LogP contribution < -0.4 is 11.1 Å². The molecule has 1 saturated carbocycles. The summed E-state index contributed by atoms with van der Waals surface area (Å²) in [6.07, 6.45) is 4.58. The molecule has 6 nitrogen and oxygen atoms in total. The summed E-state index contributed by atoms with van der Waals surface area (Å²) in [5, 5.41) is 12.9. The number of nitrogens with zero attached hydrogens (tertiary/aromatic N) is 3. The van der Waals surface area contributed by atoms with E-state index in [2.05, 4.69) is 20.3 Å². The fraction of sp³-hybridized carbons (Fsp3) is 0.400. The highest BCUT2D eigenvalue weighted by molar-refractivity contribution is 6.32. The predicted octanol–water partition coefficient (Wildman–Crippen LogP) is 2.35. The van der Waals surface area contributed by atoms with Crippen LogP contribution in [0, 0.1) is 5.92 Å². The van der Waals surface area contributed by atoms with E-state index in [1.807, 2.05) is 18.2 Å². The second-order valence-corrected chi connectivity index (χ2v) is 5.87. The van der Waals surface area contributed by atoms with Crippen LogP contribution in [0.5, 0.6) is 0 Å². The van der Waals surface area contributed by atoms with Crippen LogP contribution in [0.25, 0.3) is 11.3 Å². The van der Waals surface area contributed by atoms with Gasteiger partial charge in [-0.25, -0.2) is 4.98 Å². The topological polar surface area (TPSA) is 97.0 Å². The minimum Gasteiger partial charge on any atom is -0.396 e. The molecule has 2 unspecified atom stereocenters. The molecule has 2 atom stereocenters. The van der Waals surface area contributed by atoms with Crippen molar-refractivity contribution in [3.63, 3.8) is 0 Å². The Hall–Kier alpha value is -1.92. The van der Waals surface area contributed by atoms with Crippen molar-refractivity contribution in [2.75, 3.05) is 17.7 Å². The second kappa shape index (κ2) is 6.46. The number of aromatic nitrogens is 3. The largest absolute Gasteiger partial charge is 0.396 e. The zero-order valence-electron chi connectivity index (χ0n) is 12.0. The highest BCUT2D eigenvalue weighted by Gasteiger charge is 2.26. The molecule has 7 heteroatoms. The molecule has 0 aromatic carbocycles. The number of hydrogen-bond donors (Lipinski definition) is 3. The van der Waals surface area contributed by atoms with Crippen LogP contribution in [-0.2, 0) is 0 Å². The minimum atomic E-state index is 0.129. The Morgan fingerprint density at radius 3 is 2.86 bits per heavy atom. The summed E-state index contributed by atoms with van der Waals surface area (Å²) < 4.78 is 0. The third kappa shape index (κ3) is 3.13. The number of hydrogen-bond acceptors (Lipinski definition) is 6. The summed E-state index contributed by atoms with van der Waals surface area (Å²) in [6.45, 7) is 0.220. The van der Waals surface area contributed by atoms with E-state index in [1.54, 1.807) is 6.20 Å². The monoisotopic (exact) mass is 319 g/mol. The molecule has 0 saturated heterocycles. The maximum Gasteiger partial charge on any atom is 0.223 e. The number of nitrogens with one attached hydrogen (secondary N) is 1. The first kappa shape index (κ1) is 15.0. The maximum atomic E-state index is 9.27. The average molecular weight is 320 g/mol. The van der Waals surface area contributed by atoms with Crippen molar-refractivity contribution in [1.82, 2.24) is 15.0 Å². The number of anilines is 2. The van der Waals surface area contributed by atoms with E-state index in [4.69, 9.17) is 17.3 Å². The number of halogens is 1. The SMILES string of the molecule is Nc1nc(Cl)c(-c2ccccn2)c(NC2CCC(CO)C2)n1. The molecule has 116 valence electrons. The smallest absolute Gasteiger partial charge is 0.223 e. The Morgan fingerprint density at radius 1 is 1.32 bits per heavy atom. The Balaban J connectivity index is 1.93. The van der Waals surface area contributed by atoms with Crippen LogP contribution in [0.3, 0.4) is 0 Å². The van der Waals surface area contributed by atoms with Gasteiger partial charge in [0.15, 0.2) is 0 Å². The first-order chi connectivity index (χ1) is 10.7. The molecular formula is C15H18ClN5O. The van der Waals surface area contributed by atoms with E-state index in [0.717, 1.165) is 19.3 Å². The summed E-state index contributed by atoms with van der Waals surface area (Å²) in [5.41, 5.74) is 7.08. The Kier molecular flexibility index (Phi) is 4.40. The first-order valence-corrected chi connectivity index (χ1v) is 7.67. The maximum absolute atomic E-state index is 9.27. The van der Waals surface area contributed by atoms with Gasteiger partial charge in [-0.05, 0) is 37.3 Å². The van der Waals surface area contributed by atoms with E-state index < -0.39 is 0 Å². The average Bonchev–Trinajstić information content (AvgIpc) is 2.95. The number of nitrogen functional groups attached to an aromatic ring is 1. The summed E-state index contributed by atoms with van der Waals surface area (Å²) in [7, 11) is 0. The van der Waals surface area contributed by atoms with Gasteiger partial charge < -0.3 is 16.2 Å². The van der Waals surface area contributed by atoms with Gasteiger partial charge in [0, 0.05) is 18.8 Å². The number of pyridine rings is 1. The molecule has 1 aliphatic rings. The van der Waals surface area contributed by atoms with Gasteiger partial charge in [-0.15, -0.1) is 0 Å². The highest BCUT2D eigenvalue weighted by atomic mass is 35.5. The summed E-state index contributed by atoms with van der Waals surface area (Å²) in [5.74, 6) is 1.06. The quantitative estimate of drug-likeness (QED) is 0.748. The van der Waals surface area contributed by atoms with Crippen molar-refractivity contribution in [2.24, 2.45) is 5.92 Å². The molecule has 22 heavy (non-hydrogen) atoms. The van der Waals surface area contributed by atoms with E-state index >= 15 is 0 Å². The van der Waals surface area contributed by atoms with E-state index in [9.17, 15) is 5.11 Å². The highest BCUT2D eigenvalue weighted by Crippen LogP contribution is 2.34. The van der Waals surface area contributed by atoms with Crippen LogP contribution >= 0.6 is 11.6 Å². The van der Waals surface area contributed by atoms with Crippen LogP contribution in [-0.4, -0.2) is 32.7 Å².